The largest absolute Gasteiger partial charge is 1.00 e. The molecule has 0 saturated carbocycles. The molecule has 25 heteroatoms. The second-order valence-corrected chi connectivity index (χ2v) is 31.4. The number of likely N-dealkylation sites (tertiary alicyclic amines) is 1. The van der Waals surface area contributed by atoms with E-state index in [-0.39, 0.29) is 65.7 Å². The zero-order valence-corrected chi connectivity index (χ0v) is 57.1. The average molecular weight is 1300 g/mol. The Kier molecular flexibility index (Phi) is 29.7. The van der Waals surface area contributed by atoms with Gasteiger partial charge in [0.25, 0.3) is 0 Å². The second-order valence-electron chi connectivity index (χ2n) is 21.8. The summed E-state index contributed by atoms with van der Waals surface area (Å²) in [7, 11) is -4.93. The summed E-state index contributed by atoms with van der Waals surface area (Å²) in [5.74, 6) is 1.48. The summed E-state index contributed by atoms with van der Waals surface area (Å²) in [6.45, 7) is 6.53. The van der Waals surface area contributed by atoms with Crippen molar-refractivity contribution in [3.63, 3.8) is 0 Å². The number of sulfonamides is 4. The Morgan fingerprint density at radius 1 is 0.634 bits per heavy atom. The number of amides is 1. The minimum atomic E-state index is -3.67. The minimum Gasteiger partial charge on any atom is -1.00 e. The third-order valence-electron chi connectivity index (χ3n) is 14.8. The maximum absolute atomic E-state index is 13.7. The zero-order valence-electron chi connectivity index (χ0n) is 49.8. The molecule has 2 N–H and O–H groups in total. The molecular weight excluding hydrogens is 1220 g/mol. The van der Waals surface area contributed by atoms with Gasteiger partial charge < -0.3 is 16.1 Å². The number of fused-ring (bicyclic) bond motifs is 2. The van der Waals surface area contributed by atoms with Crippen molar-refractivity contribution in [2.24, 2.45) is 11.8 Å². The molecule has 2 fully saturated rings. The van der Waals surface area contributed by atoms with Gasteiger partial charge in [0.05, 0.1) is 20.3 Å². The van der Waals surface area contributed by atoms with Crippen molar-refractivity contribution in [2.75, 3.05) is 96.1 Å². The fraction of sp³-hybridized carbons (Fsp3) is 0.561. The van der Waals surface area contributed by atoms with Gasteiger partial charge in [-0.2, -0.15) is 8.61 Å². The summed E-state index contributed by atoms with van der Waals surface area (Å²) >= 11 is 22.8. The van der Waals surface area contributed by atoms with E-state index in [0.29, 0.717) is 93.5 Å². The number of halogens is 4. The van der Waals surface area contributed by atoms with E-state index in [1.807, 2.05) is 82.3 Å². The van der Waals surface area contributed by atoms with Gasteiger partial charge in [-0.15, -0.1) is 23.2 Å². The number of nitrogens with one attached hydrogen (secondary N) is 2. The van der Waals surface area contributed by atoms with Crippen LogP contribution in [0.1, 0.15) is 95.3 Å². The van der Waals surface area contributed by atoms with E-state index in [4.69, 9.17) is 46.4 Å². The average Bonchev–Trinajstić information content (AvgIpc) is 4.07. The quantitative estimate of drug-likeness (QED) is 0.0645. The van der Waals surface area contributed by atoms with E-state index in [9.17, 15) is 38.5 Å². The molecule has 4 aromatic carbocycles. The number of nitrogens with zero attached hydrogens (tertiary/aromatic N) is 5. The molecule has 0 aromatic heterocycles. The fourth-order valence-corrected chi connectivity index (χ4v) is 17.1. The Labute approximate surface area is 534 Å². The summed E-state index contributed by atoms with van der Waals surface area (Å²) in [5.41, 5.74) is 6.06. The molecule has 4 aromatic rings. The van der Waals surface area contributed by atoms with Gasteiger partial charge in [-0.1, -0.05) is 55.6 Å². The molecule has 3 heterocycles. The molecule has 0 spiro atoms. The number of hydrogen-bond acceptors (Lipinski definition) is 11. The van der Waals surface area contributed by atoms with Crippen LogP contribution in [0.15, 0.2) is 94.7 Å². The Morgan fingerprint density at radius 3 is 1.71 bits per heavy atom. The Morgan fingerprint density at radius 2 is 1.18 bits per heavy atom. The van der Waals surface area contributed by atoms with Crippen molar-refractivity contribution in [3.05, 3.63) is 117 Å². The third-order valence-corrected chi connectivity index (χ3v) is 23.3. The SMILES string of the molecule is CN1CCCC1=O.C[C@@H](CNS(=O)(=O)c1ccc(N(C)C)cc1)CNS(=O)(=O)C1CCc2cc(Cl)ccc2C1.C[C@@H]1CC(S(=O)(=O)N2CCc3cc(Cl)ccc3C2)CCCCN(S(=O)(=O)c2ccc(N(C)C)cc2)C1.ClCCCCCl.[H-].[Na+]. The molecule has 2 saturated heterocycles. The number of carbonyl (C=O) groups is 1. The Hall–Kier alpha value is -2.25. The van der Waals surface area contributed by atoms with E-state index < -0.39 is 50.6 Å². The van der Waals surface area contributed by atoms with Gasteiger partial charge in [0, 0.05) is 121 Å². The first-order valence-electron chi connectivity index (χ1n) is 27.6. The number of alkyl halides is 2. The number of benzene rings is 4. The standard InChI is InChI=1S/C26H36ClN3O4S2.C22H30ClN3O4S2.C5H9NO.C4H8Cl2.Na.H/c1-20-16-26(36(33,34)30-15-13-21-17-23(27)8-7-22(21)19-30)6-4-5-14-29(18-20)35(31,32)25-11-9-24(10-12-25)28(2)3;1-16(14-24-31(27,28)21-10-7-20(8-11-21)26(2)3)15-25-32(29,30)22-9-5-17-12-19(23)6-4-18(17)13-22;1-6-4-2-3-5(6)7;5-3-1-2-4-6;;/h7-12,17,20,26H,4-6,13-16,18-19H2,1-3H3;4,6-8,10-12,16,22,24-25H,5,9,13-15H2,1-3H3;2-4H2,1H3;1-4H2;;/q;;;;+1;-1/t20-,26?;16-,22?;;;;/m10..../s1. The number of aryl methyl sites for hydroxylation is 1. The normalized spacial score (nSPS) is 19.3. The van der Waals surface area contributed by atoms with E-state index >= 15 is 0 Å². The monoisotopic (exact) mass is 1300 g/mol. The van der Waals surface area contributed by atoms with E-state index in [0.717, 1.165) is 77.6 Å². The van der Waals surface area contributed by atoms with Crippen LogP contribution in [0.4, 0.5) is 11.4 Å². The van der Waals surface area contributed by atoms with Gasteiger partial charge in [-0.3, -0.25) is 4.79 Å². The van der Waals surface area contributed by atoms with Crippen LogP contribution in [0.2, 0.25) is 10.0 Å². The van der Waals surface area contributed by atoms with Crippen molar-refractivity contribution in [1.29, 1.82) is 0 Å². The maximum Gasteiger partial charge on any atom is 1.00 e. The Bertz CT molecular complexity index is 3140. The van der Waals surface area contributed by atoms with Crippen molar-refractivity contribution in [2.45, 2.75) is 118 Å². The van der Waals surface area contributed by atoms with Gasteiger partial charge in [0.2, 0.25) is 46.0 Å². The second kappa shape index (κ2) is 33.8. The van der Waals surface area contributed by atoms with Crippen molar-refractivity contribution >= 4 is 104 Å². The van der Waals surface area contributed by atoms with Crippen LogP contribution in [0.3, 0.4) is 0 Å². The smallest absolute Gasteiger partial charge is 1.00 e. The third kappa shape index (κ3) is 21.6. The van der Waals surface area contributed by atoms with Crippen LogP contribution < -0.4 is 48.8 Å². The van der Waals surface area contributed by atoms with Crippen LogP contribution >= 0.6 is 46.4 Å². The summed E-state index contributed by atoms with van der Waals surface area (Å²) in [5, 5.41) is 0.315. The summed E-state index contributed by atoms with van der Waals surface area (Å²) in [6, 6.07) is 24.7. The van der Waals surface area contributed by atoms with Gasteiger partial charge in [0.1, 0.15) is 0 Å². The molecule has 1 aliphatic carbocycles. The molecule has 2 unspecified atom stereocenters. The van der Waals surface area contributed by atoms with Gasteiger partial charge in [-0.05, 0) is 171 Å². The first kappa shape index (κ1) is 72.2. The van der Waals surface area contributed by atoms with Crippen LogP contribution in [-0.2, 0) is 70.7 Å². The van der Waals surface area contributed by atoms with Crippen molar-refractivity contribution in [1.82, 2.24) is 23.0 Å². The van der Waals surface area contributed by atoms with Gasteiger partial charge in [0.15, 0.2) is 0 Å². The molecule has 3 aliphatic heterocycles. The van der Waals surface area contributed by atoms with Crippen LogP contribution in [0.5, 0.6) is 0 Å². The minimum absolute atomic E-state index is 0. The van der Waals surface area contributed by atoms with Gasteiger partial charge in [-0.25, -0.2) is 43.1 Å². The van der Waals surface area contributed by atoms with Crippen molar-refractivity contribution in [3.8, 4) is 0 Å². The van der Waals surface area contributed by atoms with Gasteiger partial charge >= 0.3 is 29.6 Å². The molecule has 8 rings (SSSR count). The summed E-state index contributed by atoms with van der Waals surface area (Å²) in [4.78, 5) is 16.5. The summed E-state index contributed by atoms with van der Waals surface area (Å²) < 4.78 is 113. The topological polar surface area (TPSA) is 194 Å². The molecular formula is C57H84Cl4N7NaO9S4. The van der Waals surface area contributed by atoms with Crippen LogP contribution in [-0.4, -0.2) is 150 Å². The summed E-state index contributed by atoms with van der Waals surface area (Å²) in [6.07, 6.45) is 8.50. The maximum atomic E-state index is 13.7. The molecule has 454 valence electrons. The zero-order chi connectivity index (χ0) is 59.7. The number of anilines is 2. The van der Waals surface area contributed by atoms with E-state index in [1.165, 1.54) is 4.31 Å². The molecule has 4 atom stereocenters. The van der Waals surface area contributed by atoms with Crippen LogP contribution in [0, 0.1) is 11.8 Å². The number of rotatable bonds is 17. The number of hydrogen-bond donors (Lipinski definition) is 2. The predicted molar refractivity (Wildman–Crippen MR) is 333 cm³/mol. The van der Waals surface area contributed by atoms with Crippen molar-refractivity contribution < 1.29 is 69.4 Å². The first-order chi connectivity index (χ1) is 38.2. The van der Waals surface area contributed by atoms with E-state index in [1.54, 1.807) is 70.7 Å². The molecule has 1 amide bonds. The molecule has 0 radical (unpaired) electrons. The number of unbranched alkanes of at least 4 members (excludes halogenated alkanes) is 1. The Balaban J connectivity index is 0.000000351. The molecule has 0 bridgehead atoms. The van der Waals surface area contributed by atoms with E-state index in [2.05, 4.69) is 9.44 Å². The fourth-order valence-electron chi connectivity index (χ4n) is 9.85. The predicted octanol–water partition coefficient (Wildman–Crippen LogP) is 6.76. The number of carbonyl (C=O) groups excluding carboxylic acids is 1. The molecule has 4 aliphatic rings. The molecule has 82 heavy (non-hydrogen) atoms. The molecule has 16 nitrogen and oxygen atoms in total. The van der Waals surface area contributed by atoms with Crippen LogP contribution in [0.25, 0.3) is 0 Å². The first-order valence-corrected chi connectivity index (χ1v) is 35.4.